The van der Waals surface area contributed by atoms with Gasteiger partial charge in [-0.15, -0.1) is 0 Å². The maximum absolute atomic E-state index is 8.42. The second-order valence-corrected chi connectivity index (χ2v) is 1.85. The molecule has 9 heavy (non-hydrogen) atoms. The van der Waals surface area contributed by atoms with Crippen molar-refractivity contribution in [2.75, 3.05) is 0 Å². The summed E-state index contributed by atoms with van der Waals surface area (Å²) in [6.45, 7) is 0. The van der Waals surface area contributed by atoms with E-state index in [9.17, 15) is 0 Å². The van der Waals surface area contributed by atoms with E-state index in [1.165, 1.54) is 0 Å². The SMILES string of the molecule is N#Cc1cccc2c1O2. The standard InChI is InChI=1S/C7H3NO/c8-4-5-2-1-3-6-7(5)9-6/h1-3H. The third kappa shape index (κ3) is 0.486. The highest BCUT2D eigenvalue weighted by atomic mass is 16.6. The lowest BCUT2D eigenvalue weighted by atomic mass is 10.2. The van der Waals surface area contributed by atoms with Crippen molar-refractivity contribution in [1.82, 2.24) is 0 Å². The molecule has 2 heteroatoms. The zero-order valence-corrected chi connectivity index (χ0v) is 4.59. The summed E-state index contributed by atoms with van der Waals surface area (Å²) in [6, 6.07) is 7.42. The zero-order chi connectivity index (χ0) is 6.27. The van der Waals surface area contributed by atoms with Gasteiger partial charge < -0.3 is 4.74 Å². The average Bonchev–Trinajstić information content (AvgIpc) is 2.64. The Morgan fingerprint density at radius 1 is 1.44 bits per heavy atom. The van der Waals surface area contributed by atoms with Gasteiger partial charge in [0.25, 0.3) is 0 Å². The Hall–Kier alpha value is -1.49. The third-order valence-electron chi connectivity index (χ3n) is 1.27. The fourth-order valence-electron chi connectivity index (χ4n) is 0.777. The highest BCUT2D eigenvalue weighted by Crippen LogP contribution is 2.47. The van der Waals surface area contributed by atoms with Gasteiger partial charge in [-0.25, -0.2) is 0 Å². The summed E-state index contributed by atoms with van der Waals surface area (Å²) < 4.78 is 4.94. The molecule has 0 spiro atoms. The number of hydrogen-bond acceptors (Lipinski definition) is 2. The number of rotatable bonds is 0. The van der Waals surface area contributed by atoms with Crippen LogP contribution in [0.3, 0.4) is 0 Å². The average molecular weight is 117 g/mol. The van der Waals surface area contributed by atoms with Crippen molar-refractivity contribution in [2.24, 2.45) is 0 Å². The van der Waals surface area contributed by atoms with E-state index in [0.29, 0.717) is 5.56 Å². The van der Waals surface area contributed by atoms with Crippen LogP contribution in [0.5, 0.6) is 11.5 Å². The molecule has 0 N–H and O–H groups in total. The molecule has 0 bridgehead atoms. The molecular weight excluding hydrogens is 114 g/mol. The molecule has 0 aromatic heterocycles. The van der Waals surface area contributed by atoms with Crippen LogP contribution in [0.15, 0.2) is 18.2 Å². The van der Waals surface area contributed by atoms with Gasteiger partial charge >= 0.3 is 0 Å². The highest BCUT2D eigenvalue weighted by Gasteiger charge is 2.22. The van der Waals surface area contributed by atoms with Crippen LogP contribution in [0.25, 0.3) is 0 Å². The molecule has 0 atom stereocenters. The maximum Gasteiger partial charge on any atom is 0.187 e. The van der Waals surface area contributed by atoms with Crippen LogP contribution in [-0.4, -0.2) is 0 Å². The van der Waals surface area contributed by atoms with E-state index in [1.807, 2.05) is 18.2 Å². The van der Waals surface area contributed by atoms with Crippen molar-refractivity contribution in [1.29, 1.82) is 5.26 Å². The minimum Gasteiger partial charge on any atom is -0.448 e. The van der Waals surface area contributed by atoms with E-state index in [4.69, 9.17) is 10.00 Å². The second-order valence-electron chi connectivity index (χ2n) is 1.85. The normalized spacial score (nSPS) is 11.0. The molecule has 1 aliphatic heterocycles. The van der Waals surface area contributed by atoms with Gasteiger partial charge in [-0.1, -0.05) is 6.07 Å². The highest BCUT2D eigenvalue weighted by molar-refractivity contribution is 5.63. The Labute approximate surface area is 52.3 Å². The predicted molar refractivity (Wildman–Crippen MR) is 31.2 cm³/mol. The lowest BCUT2D eigenvalue weighted by Crippen LogP contribution is -1.61. The van der Waals surface area contributed by atoms with Gasteiger partial charge in [0.05, 0.1) is 5.56 Å². The van der Waals surface area contributed by atoms with Crippen molar-refractivity contribution in [3.05, 3.63) is 23.8 Å². The minimum atomic E-state index is 0.632. The first-order valence-electron chi connectivity index (χ1n) is 2.63. The van der Waals surface area contributed by atoms with Crippen molar-refractivity contribution < 1.29 is 4.74 Å². The molecule has 0 aliphatic carbocycles. The number of benzene rings is 1. The monoisotopic (exact) mass is 117 g/mol. The number of nitrogens with zero attached hydrogens (tertiary/aromatic N) is 1. The fraction of sp³-hybridized carbons (Fsp3) is 0. The third-order valence-corrected chi connectivity index (χ3v) is 1.27. The Bertz CT molecular complexity index is 298. The molecule has 1 aromatic carbocycles. The number of nitriles is 1. The molecule has 0 fully saturated rings. The van der Waals surface area contributed by atoms with Gasteiger partial charge in [0, 0.05) is 0 Å². The first kappa shape index (κ1) is 4.39. The van der Waals surface area contributed by atoms with E-state index in [0.717, 1.165) is 11.5 Å². The summed E-state index contributed by atoms with van der Waals surface area (Å²) >= 11 is 0. The van der Waals surface area contributed by atoms with Crippen LogP contribution in [0.4, 0.5) is 0 Å². The van der Waals surface area contributed by atoms with Crippen molar-refractivity contribution in [3.63, 3.8) is 0 Å². The molecule has 0 radical (unpaired) electrons. The lowest BCUT2D eigenvalue weighted by Gasteiger charge is -1.73. The van der Waals surface area contributed by atoms with Gasteiger partial charge in [0.15, 0.2) is 11.5 Å². The van der Waals surface area contributed by atoms with Crippen molar-refractivity contribution >= 4 is 0 Å². The number of fused-ring (bicyclic) bond motifs is 1. The first-order valence-corrected chi connectivity index (χ1v) is 2.63. The van der Waals surface area contributed by atoms with Gasteiger partial charge in [0.1, 0.15) is 6.07 Å². The largest absolute Gasteiger partial charge is 0.448 e. The van der Waals surface area contributed by atoms with Crippen LogP contribution in [0, 0.1) is 11.3 Å². The Balaban J connectivity index is 2.67. The fourth-order valence-corrected chi connectivity index (χ4v) is 0.777. The Morgan fingerprint density at radius 2 is 2.33 bits per heavy atom. The summed E-state index contributed by atoms with van der Waals surface area (Å²) in [5.41, 5.74) is 0.632. The summed E-state index contributed by atoms with van der Waals surface area (Å²) in [5.74, 6) is 1.59. The van der Waals surface area contributed by atoms with Crippen molar-refractivity contribution in [2.45, 2.75) is 0 Å². The number of para-hydroxylation sites is 1. The minimum absolute atomic E-state index is 0.632. The first-order chi connectivity index (χ1) is 4.42. The Kier molecular flexibility index (Phi) is 0.617. The molecule has 1 heterocycles. The summed E-state index contributed by atoms with van der Waals surface area (Å²) in [4.78, 5) is 0. The van der Waals surface area contributed by atoms with E-state index in [2.05, 4.69) is 0 Å². The van der Waals surface area contributed by atoms with Gasteiger partial charge in [-0.3, -0.25) is 0 Å². The van der Waals surface area contributed by atoms with E-state index in [-0.39, 0.29) is 0 Å². The molecule has 0 unspecified atom stereocenters. The topological polar surface area (TPSA) is 36.3 Å². The quantitative estimate of drug-likeness (QED) is 0.492. The molecular formula is C7H3NO. The van der Waals surface area contributed by atoms with Crippen LogP contribution in [0.2, 0.25) is 0 Å². The van der Waals surface area contributed by atoms with Crippen LogP contribution < -0.4 is 4.74 Å². The molecule has 2 nitrogen and oxygen atoms in total. The smallest absolute Gasteiger partial charge is 0.187 e. The van der Waals surface area contributed by atoms with Gasteiger partial charge in [-0.2, -0.15) is 5.26 Å². The summed E-state index contributed by atoms with van der Waals surface area (Å²) in [6.07, 6.45) is 0. The van der Waals surface area contributed by atoms with E-state index in [1.54, 1.807) is 6.07 Å². The molecule has 42 valence electrons. The molecule has 1 aliphatic rings. The van der Waals surface area contributed by atoms with E-state index >= 15 is 0 Å². The van der Waals surface area contributed by atoms with Crippen LogP contribution in [0.1, 0.15) is 5.56 Å². The van der Waals surface area contributed by atoms with E-state index < -0.39 is 0 Å². The second kappa shape index (κ2) is 1.26. The van der Waals surface area contributed by atoms with Crippen LogP contribution in [-0.2, 0) is 0 Å². The number of hydrogen-bond donors (Lipinski definition) is 0. The zero-order valence-electron chi connectivity index (χ0n) is 4.59. The van der Waals surface area contributed by atoms with Crippen LogP contribution >= 0.6 is 0 Å². The van der Waals surface area contributed by atoms with Gasteiger partial charge in [-0.05, 0) is 12.1 Å². The summed E-state index contributed by atoms with van der Waals surface area (Å²) in [7, 11) is 0. The maximum atomic E-state index is 8.42. The molecule has 0 saturated heterocycles. The Morgan fingerprint density at radius 3 is 3.00 bits per heavy atom. The molecule has 0 saturated carbocycles. The van der Waals surface area contributed by atoms with Gasteiger partial charge in [0.2, 0.25) is 0 Å². The molecule has 1 aromatic rings. The predicted octanol–water partition coefficient (Wildman–Crippen LogP) is 1.66. The lowest BCUT2D eigenvalue weighted by molar-refractivity contribution is 0.648. The molecule has 2 rings (SSSR count). The summed E-state index contributed by atoms with van der Waals surface area (Å²) in [5, 5.41) is 8.42. The number of ether oxygens (including phenoxy) is 1. The van der Waals surface area contributed by atoms with Crippen molar-refractivity contribution in [3.8, 4) is 17.6 Å². The molecule has 0 amide bonds.